The molecule has 1 aromatic carbocycles. The average molecular weight is 421 g/mol. The molecule has 10 heteroatoms. The van der Waals surface area contributed by atoms with E-state index in [2.05, 4.69) is 15.6 Å². The van der Waals surface area contributed by atoms with Crippen LogP contribution in [-0.2, 0) is 15.6 Å². The zero-order valence-corrected chi connectivity index (χ0v) is 16.7. The second-order valence-electron chi connectivity index (χ2n) is 6.91. The maximum absolute atomic E-state index is 12.5. The Morgan fingerprint density at radius 1 is 1.29 bits per heavy atom. The fourth-order valence-electron chi connectivity index (χ4n) is 3.13. The highest BCUT2D eigenvalue weighted by molar-refractivity contribution is 7.90. The molecule has 0 bridgehead atoms. The third-order valence-corrected chi connectivity index (χ3v) is 6.08. The smallest absolute Gasteiger partial charge is 0.356 e. The number of nitrogens with zero attached hydrogens (tertiary/aromatic N) is 2. The van der Waals surface area contributed by atoms with Gasteiger partial charge < -0.3 is 10.6 Å². The largest absolute Gasteiger partial charge is 0.401 e. The van der Waals surface area contributed by atoms with E-state index in [0.29, 0.717) is 38.4 Å². The minimum absolute atomic E-state index is 0.0118. The summed E-state index contributed by atoms with van der Waals surface area (Å²) >= 11 is 0. The highest BCUT2D eigenvalue weighted by Gasteiger charge is 2.34. The van der Waals surface area contributed by atoms with E-state index in [1.54, 1.807) is 31.3 Å². The van der Waals surface area contributed by atoms with Crippen LogP contribution in [0.15, 0.2) is 35.3 Å². The SMILES string of the molecule is CN=C(NCCCS(=O)(=O)Cc1ccccc1)NC1CCN(CC(F)(F)F)C1. The van der Waals surface area contributed by atoms with Gasteiger partial charge in [-0.3, -0.25) is 9.89 Å². The molecule has 1 fully saturated rings. The fraction of sp³-hybridized carbons (Fsp3) is 0.611. The van der Waals surface area contributed by atoms with Crippen molar-refractivity contribution in [2.24, 2.45) is 4.99 Å². The van der Waals surface area contributed by atoms with Crippen molar-refractivity contribution < 1.29 is 21.6 Å². The molecule has 2 N–H and O–H groups in total. The number of aliphatic imine (C=N–C) groups is 1. The van der Waals surface area contributed by atoms with Crippen molar-refractivity contribution in [2.45, 2.75) is 30.8 Å². The van der Waals surface area contributed by atoms with Gasteiger partial charge in [0.25, 0.3) is 0 Å². The Balaban J connectivity index is 1.69. The summed E-state index contributed by atoms with van der Waals surface area (Å²) in [5, 5.41) is 6.13. The predicted molar refractivity (Wildman–Crippen MR) is 104 cm³/mol. The lowest BCUT2D eigenvalue weighted by molar-refractivity contribution is -0.143. The number of sulfone groups is 1. The van der Waals surface area contributed by atoms with E-state index in [1.807, 2.05) is 6.07 Å². The molecular weight excluding hydrogens is 393 g/mol. The van der Waals surface area contributed by atoms with E-state index in [-0.39, 0.29) is 17.5 Å². The molecule has 0 spiro atoms. The first-order chi connectivity index (χ1) is 13.2. The van der Waals surface area contributed by atoms with E-state index in [1.165, 1.54) is 4.90 Å². The second-order valence-corrected chi connectivity index (χ2v) is 9.09. The molecule has 6 nitrogen and oxygen atoms in total. The van der Waals surface area contributed by atoms with Crippen molar-refractivity contribution in [3.8, 4) is 0 Å². The Labute approximate surface area is 164 Å². The van der Waals surface area contributed by atoms with Gasteiger partial charge in [0.05, 0.1) is 18.1 Å². The standard InChI is InChI=1S/C18H27F3N4O2S/c1-22-17(24-16-8-10-25(12-16)14-18(19,20)21)23-9-5-11-28(26,27)13-15-6-3-2-4-7-15/h2-4,6-7,16H,5,8-14H2,1H3,(H2,22,23,24). The molecule has 28 heavy (non-hydrogen) atoms. The summed E-state index contributed by atoms with van der Waals surface area (Å²) < 4.78 is 61.7. The van der Waals surface area contributed by atoms with E-state index in [0.717, 1.165) is 5.56 Å². The number of hydrogen-bond acceptors (Lipinski definition) is 4. The van der Waals surface area contributed by atoms with Gasteiger partial charge in [0.15, 0.2) is 15.8 Å². The van der Waals surface area contributed by atoms with Crippen LogP contribution in [0.25, 0.3) is 0 Å². The number of guanidine groups is 1. The maximum Gasteiger partial charge on any atom is 0.401 e. The van der Waals surface area contributed by atoms with Crippen molar-refractivity contribution in [2.75, 3.05) is 39.0 Å². The van der Waals surface area contributed by atoms with Gasteiger partial charge in [-0.1, -0.05) is 30.3 Å². The molecule has 1 heterocycles. The van der Waals surface area contributed by atoms with Crippen LogP contribution < -0.4 is 10.6 Å². The first-order valence-corrected chi connectivity index (χ1v) is 11.0. The maximum atomic E-state index is 12.5. The summed E-state index contributed by atoms with van der Waals surface area (Å²) in [7, 11) is -1.63. The summed E-state index contributed by atoms with van der Waals surface area (Å²) in [5.41, 5.74) is 0.762. The Morgan fingerprint density at radius 3 is 2.64 bits per heavy atom. The zero-order valence-electron chi connectivity index (χ0n) is 15.9. The lowest BCUT2D eigenvalue weighted by Crippen LogP contribution is -2.45. The molecule has 1 atom stereocenters. The second kappa shape index (κ2) is 10.1. The molecule has 1 aromatic rings. The number of likely N-dealkylation sites (tertiary alicyclic amines) is 1. The molecule has 2 rings (SSSR count). The molecule has 1 aliphatic rings. The molecule has 0 saturated carbocycles. The van der Waals surface area contributed by atoms with Crippen molar-refractivity contribution >= 4 is 15.8 Å². The molecule has 1 aliphatic heterocycles. The number of rotatable bonds is 8. The lowest BCUT2D eigenvalue weighted by Gasteiger charge is -2.19. The summed E-state index contributed by atoms with van der Waals surface area (Å²) in [5.74, 6) is 0.534. The van der Waals surface area contributed by atoms with Crippen molar-refractivity contribution in [3.63, 3.8) is 0 Å². The number of nitrogens with one attached hydrogen (secondary N) is 2. The summed E-state index contributed by atoms with van der Waals surface area (Å²) in [6, 6.07) is 8.90. The van der Waals surface area contributed by atoms with Gasteiger partial charge in [-0.05, 0) is 18.4 Å². The van der Waals surface area contributed by atoms with Crippen LogP contribution in [0.2, 0.25) is 0 Å². The first-order valence-electron chi connectivity index (χ1n) is 9.17. The van der Waals surface area contributed by atoms with Gasteiger partial charge in [0.2, 0.25) is 0 Å². The van der Waals surface area contributed by atoms with Crippen molar-refractivity contribution in [1.82, 2.24) is 15.5 Å². The normalized spacial score (nSPS) is 19.0. The van der Waals surface area contributed by atoms with Crippen LogP contribution in [0.1, 0.15) is 18.4 Å². The van der Waals surface area contributed by atoms with Crippen LogP contribution in [0.5, 0.6) is 0 Å². The Kier molecular flexibility index (Phi) is 8.11. The van der Waals surface area contributed by atoms with Crippen LogP contribution in [-0.4, -0.2) is 70.5 Å². The third kappa shape index (κ3) is 8.47. The first kappa shape index (κ1) is 22.5. The molecule has 1 unspecified atom stereocenters. The Morgan fingerprint density at radius 2 is 2.00 bits per heavy atom. The summed E-state index contributed by atoms with van der Waals surface area (Å²) in [4.78, 5) is 5.42. The van der Waals surface area contributed by atoms with E-state index >= 15 is 0 Å². The number of halogens is 3. The molecule has 1 saturated heterocycles. The highest BCUT2D eigenvalue weighted by atomic mass is 32.2. The lowest BCUT2D eigenvalue weighted by atomic mass is 10.2. The van der Waals surface area contributed by atoms with Crippen molar-refractivity contribution in [1.29, 1.82) is 0 Å². The zero-order chi connectivity index (χ0) is 20.6. The number of hydrogen-bond donors (Lipinski definition) is 2. The monoisotopic (exact) mass is 420 g/mol. The summed E-state index contributed by atoms with van der Waals surface area (Å²) in [6.07, 6.45) is -3.18. The fourth-order valence-corrected chi connectivity index (χ4v) is 4.56. The minimum Gasteiger partial charge on any atom is -0.356 e. The minimum atomic E-state index is -4.19. The van der Waals surface area contributed by atoms with Gasteiger partial charge in [0, 0.05) is 32.7 Å². The van der Waals surface area contributed by atoms with E-state index in [4.69, 9.17) is 0 Å². The Bertz CT molecular complexity index is 739. The quantitative estimate of drug-likeness (QED) is 0.381. The Hall–Kier alpha value is -1.81. The van der Waals surface area contributed by atoms with Crippen LogP contribution in [0, 0.1) is 0 Å². The molecule has 0 aromatic heterocycles. The van der Waals surface area contributed by atoms with Gasteiger partial charge in [-0.2, -0.15) is 13.2 Å². The molecule has 0 amide bonds. The van der Waals surface area contributed by atoms with Crippen LogP contribution in [0.4, 0.5) is 13.2 Å². The van der Waals surface area contributed by atoms with Gasteiger partial charge in [0.1, 0.15) is 0 Å². The van der Waals surface area contributed by atoms with Gasteiger partial charge in [-0.15, -0.1) is 0 Å². The summed E-state index contributed by atoms with van der Waals surface area (Å²) in [6.45, 7) is 0.181. The van der Waals surface area contributed by atoms with Crippen LogP contribution >= 0.6 is 0 Å². The number of alkyl halides is 3. The van der Waals surface area contributed by atoms with Gasteiger partial charge >= 0.3 is 6.18 Å². The highest BCUT2D eigenvalue weighted by Crippen LogP contribution is 2.19. The van der Waals surface area contributed by atoms with Crippen LogP contribution in [0.3, 0.4) is 0 Å². The predicted octanol–water partition coefficient (Wildman–Crippen LogP) is 1.79. The molecule has 158 valence electrons. The molecule has 0 radical (unpaired) electrons. The molecule has 0 aliphatic carbocycles. The van der Waals surface area contributed by atoms with E-state index < -0.39 is 22.6 Å². The van der Waals surface area contributed by atoms with E-state index in [9.17, 15) is 21.6 Å². The average Bonchev–Trinajstić information content (AvgIpc) is 3.03. The van der Waals surface area contributed by atoms with Gasteiger partial charge in [-0.25, -0.2) is 8.42 Å². The van der Waals surface area contributed by atoms with Crippen molar-refractivity contribution in [3.05, 3.63) is 35.9 Å². The topological polar surface area (TPSA) is 73.8 Å². The number of benzene rings is 1. The molecular formula is C18H27F3N4O2S. The third-order valence-electron chi connectivity index (χ3n) is 4.39.